The summed E-state index contributed by atoms with van der Waals surface area (Å²) in [6.45, 7) is 3.47. The Morgan fingerprint density at radius 1 is 1.50 bits per heavy atom. The molecular weight excluding hydrogens is 204 g/mol. The molecule has 1 heterocycles. The van der Waals surface area contributed by atoms with Gasteiger partial charge in [0.1, 0.15) is 0 Å². The second kappa shape index (κ2) is 4.53. The zero-order valence-electron chi connectivity index (χ0n) is 9.56. The normalized spacial score (nSPS) is 19.9. The highest BCUT2D eigenvalue weighted by atomic mass is 16.5. The second-order valence-corrected chi connectivity index (χ2v) is 3.99. The van der Waals surface area contributed by atoms with Crippen molar-refractivity contribution in [2.75, 3.05) is 18.6 Å². The van der Waals surface area contributed by atoms with Gasteiger partial charge in [0.25, 0.3) is 0 Å². The highest BCUT2D eigenvalue weighted by Crippen LogP contribution is 2.23. The van der Waals surface area contributed by atoms with Crippen LogP contribution in [0.5, 0.6) is 0 Å². The van der Waals surface area contributed by atoms with Gasteiger partial charge in [0.2, 0.25) is 0 Å². The molecule has 1 aliphatic rings. The van der Waals surface area contributed by atoms with Crippen molar-refractivity contribution in [3.05, 3.63) is 29.8 Å². The number of benzene rings is 1. The smallest absolute Gasteiger partial charge is 0.414 e. The van der Waals surface area contributed by atoms with E-state index in [2.05, 4.69) is 12.2 Å². The Kier molecular flexibility index (Phi) is 3.10. The molecule has 0 aromatic heterocycles. The average molecular weight is 220 g/mol. The van der Waals surface area contributed by atoms with Crippen molar-refractivity contribution in [3.8, 4) is 0 Å². The fraction of sp³-hybridized carbons (Fsp3) is 0.417. The van der Waals surface area contributed by atoms with E-state index in [1.807, 2.05) is 24.3 Å². The van der Waals surface area contributed by atoms with Crippen LogP contribution in [0.25, 0.3) is 0 Å². The van der Waals surface area contributed by atoms with Gasteiger partial charge in [-0.15, -0.1) is 0 Å². The fourth-order valence-corrected chi connectivity index (χ4v) is 1.93. The first-order valence-electron chi connectivity index (χ1n) is 5.39. The van der Waals surface area contributed by atoms with E-state index in [1.165, 1.54) is 7.11 Å². The maximum Gasteiger partial charge on any atom is 0.414 e. The molecule has 0 saturated carbocycles. The van der Waals surface area contributed by atoms with Crippen molar-refractivity contribution in [2.45, 2.75) is 19.5 Å². The van der Waals surface area contributed by atoms with Crippen LogP contribution in [0.4, 0.5) is 10.5 Å². The van der Waals surface area contributed by atoms with E-state index < -0.39 is 0 Å². The third-order valence-corrected chi connectivity index (χ3v) is 2.77. The molecule has 0 aliphatic carbocycles. The number of hydrogen-bond acceptors (Lipinski definition) is 3. The lowest BCUT2D eigenvalue weighted by atomic mass is 10.1. The lowest BCUT2D eigenvalue weighted by Gasteiger charge is -2.22. The van der Waals surface area contributed by atoms with Crippen LogP contribution in [0, 0.1) is 0 Å². The summed E-state index contributed by atoms with van der Waals surface area (Å²) in [6, 6.07) is 8.14. The molecule has 0 saturated heterocycles. The average Bonchev–Trinajstić information content (AvgIpc) is 2.48. The van der Waals surface area contributed by atoms with Gasteiger partial charge in [-0.1, -0.05) is 18.2 Å². The fourth-order valence-electron chi connectivity index (χ4n) is 1.93. The Hall–Kier alpha value is -1.55. The number of amides is 1. The monoisotopic (exact) mass is 220 g/mol. The molecule has 4 nitrogen and oxygen atoms in total. The zero-order chi connectivity index (χ0) is 11.5. The van der Waals surface area contributed by atoms with Crippen LogP contribution in [0.2, 0.25) is 0 Å². The topological polar surface area (TPSA) is 41.6 Å². The van der Waals surface area contributed by atoms with Crippen molar-refractivity contribution >= 4 is 11.8 Å². The predicted molar refractivity (Wildman–Crippen MR) is 62.5 cm³/mol. The van der Waals surface area contributed by atoms with Crippen LogP contribution in [-0.2, 0) is 11.3 Å². The number of para-hydroxylation sites is 1. The molecule has 1 N–H and O–H groups in total. The molecule has 1 atom stereocenters. The number of ether oxygens (including phenoxy) is 1. The largest absolute Gasteiger partial charge is 0.452 e. The van der Waals surface area contributed by atoms with Crippen LogP contribution < -0.4 is 10.2 Å². The number of carbonyl (C=O) groups is 1. The van der Waals surface area contributed by atoms with Gasteiger partial charge in [0.15, 0.2) is 0 Å². The van der Waals surface area contributed by atoms with E-state index in [9.17, 15) is 4.79 Å². The quantitative estimate of drug-likeness (QED) is 0.724. The maximum atomic E-state index is 11.7. The van der Waals surface area contributed by atoms with E-state index >= 15 is 0 Å². The van der Waals surface area contributed by atoms with Crippen molar-refractivity contribution < 1.29 is 9.53 Å². The van der Waals surface area contributed by atoms with Gasteiger partial charge in [0.05, 0.1) is 12.8 Å². The predicted octanol–water partition coefficient (Wildman–Crippen LogP) is 1.75. The van der Waals surface area contributed by atoms with Crippen LogP contribution in [0.15, 0.2) is 24.3 Å². The highest BCUT2D eigenvalue weighted by molar-refractivity contribution is 5.88. The standard InChI is InChI=1S/C12H16N2O2/c1-9-8-14(12(15)16-2)11-6-4-3-5-10(11)7-13-9/h3-6,9,13H,7-8H2,1-2H3. The first-order chi connectivity index (χ1) is 7.72. The van der Waals surface area contributed by atoms with Gasteiger partial charge < -0.3 is 10.1 Å². The van der Waals surface area contributed by atoms with Gasteiger partial charge in [-0.25, -0.2) is 4.79 Å². The van der Waals surface area contributed by atoms with E-state index in [4.69, 9.17) is 4.74 Å². The summed E-state index contributed by atoms with van der Waals surface area (Å²) in [5.41, 5.74) is 2.06. The second-order valence-electron chi connectivity index (χ2n) is 3.99. The summed E-state index contributed by atoms with van der Waals surface area (Å²) in [5.74, 6) is 0. The Balaban J connectivity index is 2.38. The molecule has 16 heavy (non-hydrogen) atoms. The Bertz CT molecular complexity index is 392. The molecule has 1 amide bonds. The molecule has 1 aliphatic heterocycles. The molecule has 86 valence electrons. The minimum Gasteiger partial charge on any atom is -0.452 e. The van der Waals surface area contributed by atoms with Gasteiger partial charge in [0, 0.05) is 19.1 Å². The van der Waals surface area contributed by atoms with E-state index in [0.717, 1.165) is 17.8 Å². The van der Waals surface area contributed by atoms with Gasteiger partial charge >= 0.3 is 6.09 Å². The molecule has 0 spiro atoms. The van der Waals surface area contributed by atoms with E-state index in [1.54, 1.807) is 4.90 Å². The molecule has 0 bridgehead atoms. The Morgan fingerprint density at radius 2 is 2.25 bits per heavy atom. The van der Waals surface area contributed by atoms with Crippen LogP contribution >= 0.6 is 0 Å². The lowest BCUT2D eigenvalue weighted by Crippen LogP contribution is -2.39. The molecule has 0 radical (unpaired) electrons. The number of anilines is 1. The minimum atomic E-state index is -0.303. The number of carbonyl (C=O) groups excluding carboxylic acids is 1. The summed E-state index contributed by atoms with van der Waals surface area (Å²) in [4.78, 5) is 13.4. The van der Waals surface area contributed by atoms with Crippen molar-refractivity contribution in [3.63, 3.8) is 0 Å². The summed E-state index contributed by atoms with van der Waals surface area (Å²) in [5, 5.41) is 3.36. The number of nitrogens with one attached hydrogen (secondary N) is 1. The number of fused-ring (bicyclic) bond motifs is 1. The summed E-state index contributed by atoms with van der Waals surface area (Å²) in [7, 11) is 1.41. The van der Waals surface area contributed by atoms with Crippen molar-refractivity contribution in [2.24, 2.45) is 0 Å². The molecule has 1 aromatic carbocycles. The summed E-state index contributed by atoms with van der Waals surface area (Å²) < 4.78 is 4.81. The third-order valence-electron chi connectivity index (χ3n) is 2.77. The first kappa shape index (κ1) is 11.0. The van der Waals surface area contributed by atoms with Crippen LogP contribution in [0.1, 0.15) is 12.5 Å². The SMILES string of the molecule is COC(=O)N1CC(C)NCc2ccccc21. The lowest BCUT2D eigenvalue weighted by molar-refractivity contribution is 0.178. The third kappa shape index (κ3) is 2.02. The van der Waals surface area contributed by atoms with Crippen LogP contribution in [0.3, 0.4) is 0 Å². The zero-order valence-corrected chi connectivity index (χ0v) is 9.56. The molecule has 1 unspecified atom stereocenters. The number of nitrogens with zero attached hydrogens (tertiary/aromatic N) is 1. The highest BCUT2D eigenvalue weighted by Gasteiger charge is 2.23. The number of methoxy groups -OCH3 is 1. The van der Waals surface area contributed by atoms with E-state index in [-0.39, 0.29) is 12.1 Å². The first-order valence-corrected chi connectivity index (χ1v) is 5.39. The Labute approximate surface area is 95.2 Å². The number of rotatable bonds is 0. The van der Waals surface area contributed by atoms with Gasteiger partial charge in [-0.3, -0.25) is 4.90 Å². The molecular formula is C12H16N2O2. The van der Waals surface area contributed by atoms with Gasteiger partial charge in [-0.2, -0.15) is 0 Å². The van der Waals surface area contributed by atoms with Crippen molar-refractivity contribution in [1.82, 2.24) is 5.32 Å². The summed E-state index contributed by atoms with van der Waals surface area (Å²) in [6.07, 6.45) is -0.303. The van der Waals surface area contributed by atoms with Crippen LogP contribution in [-0.4, -0.2) is 25.8 Å². The van der Waals surface area contributed by atoms with Crippen molar-refractivity contribution in [1.29, 1.82) is 0 Å². The summed E-state index contributed by atoms with van der Waals surface area (Å²) >= 11 is 0. The molecule has 1 aromatic rings. The molecule has 2 rings (SSSR count). The molecule has 4 heteroatoms. The van der Waals surface area contributed by atoms with E-state index in [0.29, 0.717) is 6.54 Å². The van der Waals surface area contributed by atoms with Gasteiger partial charge in [-0.05, 0) is 18.6 Å². The molecule has 0 fully saturated rings. The number of hydrogen-bond donors (Lipinski definition) is 1. The maximum absolute atomic E-state index is 11.7. The minimum absolute atomic E-state index is 0.256. The Morgan fingerprint density at radius 3 is 3.00 bits per heavy atom.